The van der Waals surface area contributed by atoms with Gasteiger partial charge in [-0.15, -0.1) is 11.3 Å². The third-order valence-corrected chi connectivity index (χ3v) is 8.17. The molecule has 1 fully saturated rings. The topological polar surface area (TPSA) is 99.4 Å². The van der Waals surface area contributed by atoms with Crippen molar-refractivity contribution in [3.05, 3.63) is 56.9 Å². The molecule has 0 bridgehead atoms. The fourth-order valence-corrected chi connectivity index (χ4v) is 5.90. The second-order valence-corrected chi connectivity index (χ2v) is 12.6. The van der Waals surface area contributed by atoms with Gasteiger partial charge in [0, 0.05) is 50.9 Å². The molecule has 0 N–H and O–H groups in total. The van der Waals surface area contributed by atoms with E-state index in [9.17, 15) is 9.59 Å². The summed E-state index contributed by atoms with van der Waals surface area (Å²) in [7, 11) is 0. The van der Waals surface area contributed by atoms with Crippen LogP contribution < -0.4 is 5.56 Å². The molecule has 0 radical (unpaired) electrons. The lowest BCUT2D eigenvalue weighted by Crippen LogP contribution is -2.49. The number of ether oxygens (including phenoxy) is 2. The molecule has 3 aromatic heterocycles. The summed E-state index contributed by atoms with van der Waals surface area (Å²) >= 11 is 9.69. The summed E-state index contributed by atoms with van der Waals surface area (Å²) in [6, 6.07) is 7.38. The number of pyridine rings is 1. The maximum atomic E-state index is 14.0. The first-order valence-corrected chi connectivity index (χ1v) is 15.3. The number of rotatable bonds is 5. The molecule has 0 saturated carbocycles. The average molecular weight is 600 g/mol. The third kappa shape index (κ3) is 6.17. The van der Waals surface area contributed by atoms with E-state index in [1.54, 1.807) is 33.1 Å². The lowest BCUT2D eigenvalue weighted by Gasteiger charge is -2.34. The van der Waals surface area contributed by atoms with E-state index in [-0.39, 0.29) is 18.6 Å². The molecule has 210 valence electrons. The fraction of sp³-hybridized carbons (Fsp3) is 0.393. The number of thioether (sulfide) groups is 1. The molecule has 5 rings (SSSR count). The number of carbonyl (C=O) groups is 1. The molecule has 4 aromatic rings. The summed E-state index contributed by atoms with van der Waals surface area (Å²) in [4.78, 5) is 42.0. The maximum Gasteiger partial charge on any atom is 0.410 e. The van der Waals surface area contributed by atoms with Gasteiger partial charge in [0.05, 0.1) is 25.8 Å². The number of hydrogen-bond acceptors (Lipinski definition) is 9. The zero-order valence-corrected chi connectivity index (χ0v) is 25.3. The number of nitrogens with zero attached hydrogens (tertiary/aromatic N) is 5. The number of benzene rings is 1. The van der Waals surface area contributed by atoms with E-state index >= 15 is 0 Å². The number of hydrogen-bond donors (Lipinski definition) is 0. The van der Waals surface area contributed by atoms with Crippen LogP contribution in [0.5, 0.6) is 0 Å². The average Bonchev–Trinajstić information content (AvgIpc) is 3.35. The first-order chi connectivity index (χ1) is 19.0. The van der Waals surface area contributed by atoms with Crippen molar-refractivity contribution in [1.29, 1.82) is 0 Å². The maximum absolute atomic E-state index is 14.0. The van der Waals surface area contributed by atoms with E-state index in [1.165, 1.54) is 11.8 Å². The van der Waals surface area contributed by atoms with Crippen molar-refractivity contribution in [2.45, 2.75) is 51.1 Å². The Hall–Kier alpha value is -2.99. The number of fused-ring (bicyclic) bond motifs is 1. The minimum absolute atomic E-state index is 0.196. The highest BCUT2D eigenvalue weighted by atomic mass is 35.5. The van der Waals surface area contributed by atoms with Crippen LogP contribution in [0.25, 0.3) is 32.7 Å². The Bertz CT molecular complexity index is 1630. The van der Waals surface area contributed by atoms with Gasteiger partial charge >= 0.3 is 6.09 Å². The molecule has 1 amide bonds. The first kappa shape index (κ1) is 28.5. The smallest absolute Gasteiger partial charge is 0.410 e. The number of morpholine rings is 1. The van der Waals surface area contributed by atoms with E-state index < -0.39 is 17.8 Å². The van der Waals surface area contributed by atoms with Crippen LogP contribution in [0.15, 0.2) is 45.8 Å². The van der Waals surface area contributed by atoms with Crippen molar-refractivity contribution < 1.29 is 14.3 Å². The number of amides is 1. The van der Waals surface area contributed by atoms with Crippen molar-refractivity contribution in [3.8, 4) is 21.7 Å². The molecule has 1 aromatic carbocycles. The van der Waals surface area contributed by atoms with Gasteiger partial charge in [-0.25, -0.2) is 19.7 Å². The molecule has 1 aliphatic rings. The molecule has 4 heterocycles. The zero-order valence-electron chi connectivity index (χ0n) is 22.9. The van der Waals surface area contributed by atoms with Crippen LogP contribution in [0.2, 0.25) is 5.02 Å². The SMILES string of the molecule is CSc1ncc2cc(-c3ccc(-c4nc(C)cs4)cc3Cl)c(=O)n(CC3CN(C(=O)OC(C)(C)C)CCO3)c2n1. The summed E-state index contributed by atoms with van der Waals surface area (Å²) in [5, 5.41) is 4.54. The number of thiazole rings is 1. The van der Waals surface area contributed by atoms with Gasteiger partial charge in [-0.2, -0.15) is 0 Å². The van der Waals surface area contributed by atoms with Crippen LogP contribution >= 0.6 is 34.7 Å². The van der Waals surface area contributed by atoms with Crippen LogP contribution in [0.3, 0.4) is 0 Å². The molecule has 9 nitrogen and oxygen atoms in total. The van der Waals surface area contributed by atoms with Crippen molar-refractivity contribution >= 4 is 51.8 Å². The van der Waals surface area contributed by atoms with Crippen molar-refractivity contribution in [3.63, 3.8) is 0 Å². The Morgan fingerprint density at radius 3 is 2.73 bits per heavy atom. The van der Waals surface area contributed by atoms with E-state index in [1.807, 2.05) is 57.5 Å². The molecule has 12 heteroatoms. The predicted molar refractivity (Wildman–Crippen MR) is 159 cm³/mol. The quantitative estimate of drug-likeness (QED) is 0.206. The molecule has 1 unspecified atom stereocenters. The molecule has 0 aliphatic carbocycles. The second-order valence-electron chi connectivity index (χ2n) is 10.5. The van der Waals surface area contributed by atoms with Crippen LogP contribution in [0.4, 0.5) is 4.79 Å². The van der Waals surface area contributed by atoms with Gasteiger partial charge in [-0.1, -0.05) is 35.5 Å². The molecular formula is C28H30ClN5O4S2. The summed E-state index contributed by atoms with van der Waals surface area (Å²) in [6.07, 6.45) is 2.76. The number of aromatic nitrogens is 4. The lowest BCUT2D eigenvalue weighted by molar-refractivity contribution is -0.0472. The Kier molecular flexibility index (Phi) is 8.19. The van der Waals surface area contributed by atoms with Crippen molar-refractivity contribution in [2.75, 3.05) is 26.0 Å². The minimum atomic E-state index is -0.606. The van der Waals surface area contributed by atoms with Gasteiger partial charge in [0.25, 0.3) is 5.56 Å². The number of aryl methyl sites for hydroxylation is 1. The normalized spacial score (nSPS) is 15.9. The fourth-order valence-electron chi connectivity index (χ4n) is 4.48. The van der Waals surface area contributed by atoms with Gasteiger partial charge in [-0.05, 0) is 46.1 Å². The minimum Gasteiger partial charge on any atom is -0.444 e. The van der Waals surface area contributed by atoms with Crippen LogP contribution in [-0.2, 0) is 16.0 Å². The van der Waals surface area contributed by atoms with Gasteiger partial charge in [0.15, 0.2) is 5.16 Å². The van der Waals surface area contributed by atoms with Crippen LogP contribution in [0.1, 0.15) is 26.5 Å². The van der Waals surface area contributed by atoms with Crippen molar-refractivity contribution in [2.24, 2.45) is 0 Å². The van der Waals surface area contributed by atoms with Crippen LogP contribution in [0, 0.1) is 6.92 Å². The molecule has 1 aliphatic heterocycles. The number of halogens is 1. The second kappa shape index (κ2) is 11.5. The van der Waals surface area contributed by atoms with Gasteiger partial charge < -0.3 is 14.4 Å². The number of carbonyl (C=O) groups excluding carboxylic acids is 1. The largest absolute Gasteiger partial charge is 0.444 e. The standard InChI is InChI=1S/C28H30ClN5O4S2/c1-16-15-40-24(31-16)17-6-7-20(22(29)11-17)21-10-18-12-30-26(39-5)32-23(18)34(25(21)35)14-19-13-33(8-9-37-19)27(36)38-28(2,3)4/h6-7,10-12,15,19H,8-9,13-14H2,1-5H3. The van der Waals surface area contributed by atoms with E-state index in [0.717, 1.165) is 16.3 Å². The highest BCUT2D eigenvalue weighted by Crippen LogP contribution is 2.33. The molecule has 0 spiro atoms. The Morgan fingerprint density at radius 1 is 1.25 bits per heavy atom. The summed E-state index contributed by atoms with van der Waals surface area (Å²) in [6.45, 7) is 8.68. The third-order valence-electron chi connectivity index (χ3n) is 6.29. The molecule has 40 heavy (non-hydrogen) atoms. The summed E-state index contributed by atoms with van der Waals surface area (Å²) in [5.41, 5.74) is 2.50. The lowest BCUT2D eigenvalue weighted by atomic mass is 10.0. The summed E-state index contributed by atoms with van der Waals surface area (Å²) < 4.78 is 13.2. The van der Waals surface area contributed by atoms with E-state index in [4.69, 9.17) is 21.1 Å². The molecular weight excluding hydrogens is 570 g/mol. The Morgan fingerprint density at radius 2 is 2.05 bits per heavy atom. The van der Waals surface area contributed by atoms with Gasteiger partial charge in [0.1, 0.15) is 16.3 Å². The highest BCUT2D eigenvalue weighted by Gasteiger charge is 2.29. The zero-order chi connectivity index (χ0) is 28.6. The monoisotopic (exact) mass is 599 g/mol. The first-order valence-electron chi connectivity index (χ1n) is 12.8. The van der Waals surface area contributed by atoms with Gasteiger partial charge in [-0.3, -0.25) is 9.36 Å². The Labute approximate surface area is 245 Å². The predicted octanol–water partition coefficient (Wildman–Crippen LogP) is 5.90. The highest BCUT2D eigenvalue weighted by molar-refractivity contribution is 7.98. The summed E-state index contributed by atoms with van der Waals surface area (Å²) in [5.74, 6) is 0. The van der Waals surface area contributed by atoms with Crippen molar-refractivity contribution in [1.82, 2.24) is 24.4 Å². The van der Waals surface area contributed by atoms with Crippen LogP contribution in [-0.4, -0.2) is 68.2 Å². The Balaban J connectivity index is 1.53. The van der Waals surface area contributed by atoms with E-state index in [0.29, 0.717) is 45.5 Å². The van der Waals surface area contributed by atoms with Gasteiger partial charge in [0.2, 0.25) is 0 Å². The molecule has 1 saturated heterocycles. The molecule has 1 atom stereocenters. The van der Waals surface area contributed by atoms with E-state index in [2.05, 4.69) is 15.0 Å².